The quantitative estimate of drug-likeness (QED) is 0.752. The van der Waals surface area contributed by atoms with Crippen LogP contribution in [0.25, 0.3) is 11.3 Å². The first-order chi connectivity index (χ1) is 11.6. The van der Waals surface area contributed by atoms with Gasteiger partial charge in [0.15, 0.2) is 0 Å². The van der Waals surface area contributed by atoms with E-state index in [-0.39, 0.29) is 11.7 Å². The molecule has 0 atom stereocenters. The van der Waals surface area contributed by atoms with Crippen LogP contribution < -0.4 is 5.32 Å². The third kappa shape index (κ3) is 2.38. The molecule has 1 aliphatic rings. The summed E-state index contributed by atoms with van der Waals surface area (Å²) in [4.78, 5) is 12.6. The number of nitrogens with one attached hydrogen (secondary N) is 2. The minimum Gasteiger partial charge on any atom is -0.320 e. The smallest absolute Gasteiger partial charge is 0.273 e. The van der Waals surface area contributed by atoms with E-state index in [2.05, 4.69) is 21.6 Å². The molecule has 4 rings (SSSR count). The molecule has 2 aromatic carbocycles. The van der Waals surface area contributed by atoms with Gasteiger partial charge >= 0.3 is 0 Å². The average molecular weight is 321 g/mol. The first-order valence-corrected chi connectivity index (χ1v) is 7.86. The van der Waals surface area contributed by atoms with Crippen LogP contribution in [-0.2, 0) is 12.8 Å². The number of carbonyl (C=O) groups excluding carboxylic acids is 1. The zero-order valence-electron chi connectivity index (χ0n) is 13.2. The molecule has 1 amide bonds. The lowest BCUT2D eigenvalue weighted by Gasteiger charge is -2.15. The largest absolute Gasteiger partial charge is 0.320 e. The topological polar surface area (TPSA) is 57.8 Å². The maximum absolute atomic E-state index is 13.2. The van der Waals surface area contributed by atoms with E-state index in [0.29, 0.717) is 16.9 Å². The van der Waals surface area contributed by atoms with Crippen LogP contribution in [0.1, 0.15) is 27.2 Å². The minimum absolute atomic E-state index is 0.252. The van der Waals surface area contributed by atoms with Gasteiger partial charge < -0.3 is 5.32 Å². The predicted octanol–water partition coefficient (Wildman–Crippen LogP) is 3.88. The van der Waals surface area contributed by atoms with Gasteiger partial charge in [0.05, 0.1) is 5.69 Å². The Morgan fingerprint density at radius 1 is 1.21 bits per heavy atom. The van der Waals surface area contributed by atoms with Crippen LogP contribution >= 0.6 is 0 Å². The Balaban J connectivity index is 1.67. The number of H-pyrrole nitrogens is 1. The molecule has 0 radical (unpaired) electrons. The minimum atomic E-state index is -0.318. The number of fused-ring (bicyclic) bond motifs is 3. The molecule has 1 aliphatic carbocycles. The fourth-order valence-electron chi connectivity index (χ4n) is 3.20. The fraction of sp³-hybridized carbons (Fsp3) is 0.158. The second-order valence-electron chi connectivity index (χ2n) is 6.00. The molecule has 0 aliphatic heterocycles. The lowest BCUT2D eigenvalue weighted by molar-refractivity contribution is 0.102. The first kappa shape index (κ1) is 14.6. The summed E-state index contributed by atoms with van der Waals surface area (Å²) in [6, 6.07) is 12.4. The normalized spacial score (nSPS) is 12.4. The molecule has 5 heteroatoms. The van der Waals surface area contributed by atoms with Crippen LogP contribution in [0, 0.1) is 12.7 Å². The second kappa shape index (κ2) is 5.60. The number of aromatic nitrogens is 2. The van der Waals surface area contributed by atoms with Crippen molar-refractivity contribution in [1.29, 1.82) is 0 Å². The maximum atomic E-state index is 13.2. The van der Waals surface area contributed by atoms with E-state index in [1.165, 1.54) is 17.7 Å². The highest BCUT2D eigenvalue weighted by molar-refractivity contribution is 6.05. The molecule has 3 aromatic rings. The van der Waals surface area contributed by atoms with Crippen molar-refractivity contribution in [3.8, 4) is 11.3 Å². The van der Waals surface area contributed by atoms with Crippen molar-refractivity contribution in [3.05, 3.63) is 70.7 Å². The average Bonchev–Trinajstić information content (AvgIpc) is 3.02. The van der Waals surface area contributed by atoms with Crippen molar-refractivity contribution in [1.82, 2.24) is 10.2 Å². The van der Waals surface area contributed by atoms with Gasteiger partial charge in [-0.1, -0.05) is 24.3 Å². The monoisotopic (exact) mass is 321 g/mol. The van der Waals surface area contributed by atoms with E-state index in [1.807, 2.05) is 18.2 Å². The standard InChI is InChI=1S/C19H16FN3O/c1-11-10-13(20)7-9-16(11)21-19(24)18-15-8-6-12-4-2-3-5-14(12)17(15)22-23-18/h2-5,7,9-10H,6,8H2,1H3,(H,21,24)(H,22,23). The first-order valence-electron chi connectivity index (χ1n) is 7.86. The van der Waals surface area contributed by atoms with E-state index < -0.39 is 0 Å². The number of aromatic amines is 1. The molecule has 24 heavy (non-hydrogen) atoms. The molecule has 0 saturated heterocycles. The number of hydrogen-bond donors (Lipinski definition) is 2. The summed E-state index contributed by atoms with van der Waals surface area (Å²) in [7, 11) is 0. The van der Waals surface area contributed by atoms with Crippen LogP contribution in [-0.4, -0.2) is 16.1 Å². The predicted molar refractivity (Wildman–Crippen MR) is 90.5 cm³/mol. The highest BCUT2D eigenvalue weighted by Gasteiger charge is 2.25. The van der Waals surface area contributed by atoms with Gasteiger partial charge in [-0.3, -0.25) is 9.89 Å². The number of amides is 1. The highest BCUT2D eigenvalue weighted by atomic mass is 19.1. The zero-order valence-corrected chi connectivity index (χ0v) is 13.2. The molecule has 120 valence electrons. The number of halogens is 1. The van der Waals surface area contributed by atoms with Gasteiger partial charge in [0.25, 0.3) is 5.91 Å². The van der Waals surface area contributed by atoms with Gasteiger partial charge in [-0.2, -0.15) is 5.10 Å². The van der Waals surface area contributed by atoms with Crippen LogP contribution in [0.5, 0.6) is 0 Å². The summed E-state index contributed by atoms with van der Waals surface area (Å²) in [6.07, 6.45) is 1.66. The van der Waals surface area contributed by atoms with Crippen molar-refractivity contribution < 1.29 is 9.18 Å². The van der Waals surface area contributed by atoms with Crippen LogP contribution in [0.4, 0.5) is 10.1 Å². The highest BCUT2D eigenvalue weighted by Crippen LogP contribution is 2.33. The SMILES string of the molecule is Cc1cc(F)ccc1NC(=O)c1[nH]nc2c1CCc1ccccc1-2. The van der Waals surface area contributed by atoms with E-state index >= 15 is 0 Å². The second-order valence-corrected chi connectivity index (χ2v) is 6.00. The Bertz CT molecular complexity index is 946. The number of anilines is 1. The van der Waals surface area contributed by atoms with E-state index in [4.69, 9.17) is 0 Å². The molecule has 0 spiro atoms. The molecular weight excluding hydrogens is 305 g/mol. The molecule has 4 nitrogen and oxygen atoms in total. The number of rotatable bonds is 2. The number of hydrogen-bond acceptors (Lipinski definition) is 2. The van der Waals surface area contributed by atoms with Gasteiger partial charge in [-0.05, 0) is 49.1 Å². The maximum Gasteiger partial charge on any atom is 0.273 e. The molecule has 0 fully saturated rings. The molecule has 1 heterocycles. The number of nitrogens with zero attached hydrogens (tertiary/aromatic N) is 1. The molecule has 1 aromatic heterocycles. The van der Waals surface area contributed by atoms with Gasteiger partial charge in [0, 0.05) is 16.8 Å². The Morgan fingerprint density at radius 3 is 2.88 bits per heavy atom. The van der Waals surface area contributed by atoms with Crippen LogP contribution in [0.2, 0.25) is 0 Å². The van der Waals surface area contributed by atoms with Gasteiger partial charge in [0.2, 0.25) is 0 Å². The van der Waals surface area contributed by atoms with Gasteiger partial charge in [0.1, 0.15) is 11.5 Å². The third-order valence-corrected chi connectivity index (χ3v) is 4.45. The third-order valence-electron chi connectivity index (χ3n) is 4.45. The van der Waals surface area contributed by atoms with Crippen molar-refractivity contribution >= 4 is 11.6 Å². The summed E-state index contributed by atoms with van der Waals surface area (Å²) in [5.41, 5.74) is 5.86. The van der Waals surface area contributed by atoms with Gasteiger partial charge in [-0.15, -0.1) is 0 Å². The lowest BCUT2D eigenvalue weighted by Crippen LogP contribution is -2.16. The summed E-state index contributed by atoms with van der Waals surface area (Å²) in [5, 5.41) is 10.1. The summed E-state index contributed by atoms with van der Waals surface area (Å²) in [6.45, 7) is 1.76. The van der Waals surface area contributed by atoms with E-state index in [9.17, 15) is 9.18 Å². The van der Waals surface area contributed by atoms with E-state index in [1.54, 1.807) is 13.0 Å². The number of aryl methyl sites for hydroxylation is 2. The van der Waals surface area contributed by atoms with E-state index in [0.717, 1.165) is 29.7 Å². The van der Waals surface area contributed by atoms with Crippen LogP contribution in [0.3, 0.4) is 0 Å². The Morgan fingerprint density at radius 2 is 2.04 bits per heavy atom. The van der Waals surface area contributed by atoms with Crippen molar-refractivity contribution in [2.45, 2.75) is 19.8 Å². The molecule has 2 N–H and O–H groups in total. The Labute approximate surface area is 138 Å². The molecule has 0 unspecified atom stereocenters. The van der Waals surface area contributed by atoms with Crippen molar-refractivity contribution in [2.75, 3.05) is 5.32 Å². The summed E-state index contributed by atoms with van der Waals surface area (Å²) in [5.74, 6) is -0.570. The fourth-order valence-corrected chi connectivity index (χ4v) is 3.20. The van der Waals surface area contributed by atoms with Gasteiger partial charge in [-0.25, -0.2) is 4.39 Å². The Kier molecular flexibility index (Phi) is 3.41. The lowest BCUT2D eigenvalue weighted by atomic mass is 9.89. The summed E-state index contributed by atoms with van der Waals surface area (Å²) >= 11 is 0. The number of benzene rings is 2. The zero-order chi connectivity index (χ0) is 16.7. The van der Waals surface area contributed by atoms with Crippen molar-refractivity contribution in [3.63, 3.8) is 0 Å². The molecule has 0 bridgehead atoms. The Hall–Kier alpha value is -2.95. The van der Waals surface area contributed by atoms with Crippen molar-refractivity contribution in [2.24, 2.45) is 0 Å². The molecule has 0 saturated carbocycles. The molecular formula is C19H16FN3O. The summed E-state index contributed by atoms with van der Waals surface area (Å²) < 4.78 is 13.2. The number of carbonyl (C=O) groups is 1. The van der Waals surface area contributed by atoms with Crippen LogP contribution in [0.15, 0.2) is 42.5 Å².